The number of rotatable bonds is 1. The van der Waals surface area contributed by atoms with Crippen LogP contribution in [0.15, 0.2) is 0 Å². The lowest BCUT2D eigenvalue weighted by atomic mass is 9.78. The van der Waals surface area contributed by atoms with Gasteiger partial charge in [-0.05, 0) is 0 Å². The molecule has 2 aliphatic heterocycles. The van der Waals surface area contributed by atoms with E-state index in [2.05, 4.69) is 0 Å². The highest BCUT2D eigenvalue weighted by molar-refractivity contribution is 6.23. The highest BCUT2D eigenvalue weighted by Crippen LogP contribution is 2.37. The number of likely N-dealkylation sites (tertiary alicyclic amines) is 1. The van der Waals surface area contributed by atoms with Gasteiger partial charge in [-0.25, -0.2) is 0 Å². The van der Waals surface area contributed by atoms with Crippen molar-refractivity contribution < 1.29 is 14.3 Å². The van der Waals surface area contributed by atoms with E-state index in [9.17, 15) is 9.59 Å². The maximum absolute atomic E-state index is 10.7. The molecule has 0 aromatic heterocycles. The van der Waals surface area contributed by atoms with E-state index >= 15 is 0 Å². The van der Waals surface area contributed by atoms with Crippen LogP contribution >= 0.6 is 0 Å². The number of hydrogen-bond acceptors (Lipinski definition) is 3. The van der Waals surface area contributed by atoms with Gasteiger partial charge in [0.25, 0.3) is 5.91 Å². The molecule has 0 unspecified atom stereocenters. The standard InChI is InChI=1S/C7H9NO3/c9-1-6(10)8-2-7(3-8)4-11-5-7/h1H,2-5H2. The summed E-state index contributed by atoms with van der Waals surface area (Å²) in [5.41, 5.74) is 0.221. The molecule has 1 amide bonds. The fraction of sp³-hybridized carbons (Fsp3) is 0.714. The van der Waals surface area contributed by atoms with Crippen molar-refractivity contribution in [3.63, 3.8) is 0 Å². The highest BCUT2D eigenvalue weighted by Gasteiger charge is 2.50. The van der Waals surface area contributed by atoms with Gasteiger partial charge in [0.1, 0.15) is 0 Å². The first-order valence-corrected chi connectivity index (χ1v) is 3.58. The van der Waals surface area contributed by atoms with Gasteiger partial charge in [0.05, 0.1) is 18.6 Å². The maximum atomic E-state index is 10.7. The summed E-state index contributed by atoms with van der Waals surface area (Å²) in [5, 5.41) is 0. The summed E-state index contributed by atoms with van der Waals surface area (Å²) >= 11 is 0. The monoisotopic (exact) mass is 155 g/mol. The summed E-state index contributed by atoms with van der Waals surface area (Å²) in [7, 11) is 0. The summed E-state index contributed by atoms with van der Waals surface area (Å²) in [5.74, 6) is -0.400. The molecule has 2 aliphatic rings. The van der Waals surface area contributed by atoms with Gasteiger partial charge in [0.15, 0.2) is 0 Å². The van der Waals surface area contributed by atoms with Gasteiger partial charge < -0.3 is 9.64 Å². The van der Waals surface area contributed by atoms with Crippen LogP contribution in [0.4, 0.5) is 0 Å². The number of amides is 1. The molecule has 4 nitrogen and oxygen atoms in total. The third kappa shape index (κ3) is 0.860. The molecule has 0 radical (unpaired) electrons. The first-order chi connectivity index (χ1) is 5.26. The molecule has 60 valence electrons. The zero-order valence-corrected chi connectivity index (χ0v) is 6.08. The van der Waals surface area contributed by atoms with Gasteiger partial charge in [-0.2, -0.15) is 0 Å². The van der Waals surface area contributed by atoms with Crippen molar-refractivity contribution in [2.45, 2.75) is 0 Å². The summed E-state index contributed by atoms with van der Waals surface area (Å²) < 4.78 is 5.02. The molecule has 0 atom stereocenters. The summed E-state index contributed by atoms with van der Waals surface area (Å²) in [6, 6.07) is 0. The fourth-order valence-electron chi connectivity index (χ4n) is 1.57. The third-order valence-corrected chi connectivity index (χ3v) is 2.28. The maximum Gasteiger partial charge on any atom is 0.286 e. The van der Waals surface area contributed by atoms with Crippen LogP contribution < -0.4 is 0 Å². The molecule has 2 heterocycles. The normalized spacial score (nSPS) is 25.6. The summed E-state index contributed by atoms with van der Waals surface area (Å²) in [4.78, 5) is 22.3. The number of carbonyl (C=O) groups excluding carboxylic acids is 2. The molecule has 11 heavy (non-hydrogen) atoms. The van der Waals surface area contributed by atoms with Crippen molar-refractivity contribution in [1.29, 1.82) is 0 Å². The molecule has 4 heteroatoms. The van der Waals surface area contributed by atoms with Gasteiger partial charge in [-0.1, -0.05) is 0 Å². The molecule has 0 saturated carbocycles. The minimum atomic E-state index is -0.400. The minimum absolute atomic E-state index is 0.221. The quantitative estimate of drug-likeness (QED) is 0.362. The SMILES string of the molecule is O=CC(=O)N1CC2(COC2)C1. The molecule has 0 aromatic carbocycles. The molecule has 2 saturated heterocycles. The second-order valence-electron chi connectivity index (χ2n) is 3.30. The highest BCUT2D eigenvalue weighted by atomic mass is 16.5. The zero-order chi connectivity index (χ0) is 7.90. The lowest BCUT2D eigenvalue weighted by molar-refractivity contribution is -0.194. The van der Waals surface area contributed by atoms with E-state index in [0.717, 1.165) is 13.2 Å². The first kappa shape index (κ1) is 6.79. The molecule has 0 aromatic rings. The minimum Gasteiger partial charge on any atom is -0.380 e. The number of nitrogens with zero attached hydrogens (tertiary/aromatic N) is 1. The second kappa shape index (κ2) is 2.04. The largest absolute Gasteiger partial charge is 0.380 e. The topological polar surface area (TPSA) is 46.6 Å². The molecule has 0 N–H and O–H groups in total. The van der Waals surface area contributed by atoms with Crippen LogP contribution in [-0.2, 0) is 14.3 Å². The van der Waals surface area contributed by atoms with Crippen LogP contribution in [0.5, 0.6) is 0 Å². The Hall–Kier alpha value is -0.900. The van der Waals surface area contributed by atoms with Crippen molar-refractivity contribution in [3.05, 3.63) is 0 Å². The predicted molar refractivity (Wildman–Crippen MR) is 35.9 cm³/mol. The van der Waals surface area contributed by atoms with Gasteiger partial charge in [-0.3, -0.25) is 9.59 Å². The van der Waals surface area contributed by atoms with Crippen molar-refractivity contribution >= 4 is 12.2 Å². The van der Waals surface area contributed by atoms with Crippen LogP contribution in [0.25, 0.3) is 0 Å². The Morgan fingerprint density at radius 1 is 1.45 bits per heavy atom. The molecule has 2 fully saturated rings. The molecule has 0 aliphatic carbocycles. The number of aldehydes is 1. The number of carbonyl (C=O) groups is 2. The van der Waals surface area contributed by atoms with Crippen LogP contribution in [0, 0.1) is 5.41 Å². The molecular weight excluding hydrogens is 146 g/mol. The van der Waals surface area contributed by atoms with Crippen LogP contribution in [0.3, 0.4) is 0 Å². The van der Waals surface area contributed by atoms with E-state index in [4.69, 9.17) is 4.74 Å². The number of hydrogen-bond donors (Lipinski definition) is 0. The Morgan fingerprint density at radius 2 is 2.09 bits per heavy atom. The van der Waals surface area contributed by atoms with E-state index < -0.39 is 5.91 Å². The lowest BCUT2D eigenvalue weighted by Crippen LogP contribution is -2.67. The first-order valence-electron chi connectivity index (χ1n) is 3.58. The summed E-state index contributed by atoms with van der Waals surface area (Å²) in [6.07, 6.45) is 0.367. The molecule has 0 bridgehead atoms. The van der Waals surface area contributed by atoms with Gasteiger partial charge in [0.2, 0.25) is 6.29 Å². The Kier molecular flexibility index (Phi) is 1.26. The average molecular weight is 155 g/mol. The number of ether oxygens (including phenoxy) is 1. The van der Waals surface area contributed by atoms with Crippen molar-refractivity contribution in [2.75, 3.05) is 26.3 Å². The lowest BCUT2D eigenvalue weighted by Gasteiger charge is -2.54. The predicted octanol–water partition coefficient (Wildman–Crippen LogP) is -0.956. The molecule has 2 rings (SSSR count). The fourth-order valence-corrected chi connectivity index (χ4v) is 1.57. The molecular formula is C7H9NO3. The van der Waals surface area contributed by atoms with Gasteiger partial charge in [0, 0.05) is 13.1 Å². The Morgan fingerprint density at radius 3 is 2.45 bits per heavy atom. The van der Waals surface area contributed by atoms with Crippen molar-refractivity contribution in [2.24, 2.45) is 5.41 Å². The third-order valence-electron chi connectivity index (χ3n) is 2.28. The smallest absolute Gasteiger partial charge is 0.286 e. The second-order valence-corrected chi connectivity index (χ2v) is 3.30. The van der Waals surface area contributed by atoms with Gasteiger partial charge >= 0.3 is 0 Å². The molecule has 1 spiro atoms. The van der Waals surface area contributed by atoms with E-state index in [-0.39, 0.29) is 5.41 Å². The van der Waals surface area contributed by atoms with E-state index in [1.807, 2.05) is 0 Å². The summed E-state index contributed by atoms with van der Waals surface area (Å²) in [6.45, 7) is 2.89. The van der Waals surface area contributed by atoms with E-state index in [0.29, 0.717) is 19.4 Å². The van der Waals surface area contributed by atoms with E-state index in [1.165, 1.54) is 0 Å². The van der Waals surface area contributed by atoms with E-state index in [1.54, 1.807) is 4.90 Å². The van der Waals surface area contributed by atoms with Crippen LogP contribution in [0.2, 0.25) is 0 Å². The average Bonchev–Trinajstić information content (AvgIpc) is 1.81. The van der Waals surface area contributed by atoms with Gasteiger partial charge in [-0.15, -0.1) is 0 Å². The van der Waals surface area contributed by atoms with Crippen LogP contribution in [0.1, 0.15) is 0 Å². The Balaban J connectivity index is 1.87. The Bertz CT molecular complexity index is 202. The Labute approximate surface area is 64.1 Å². The van der Waals surface area contributed by atoms with Crippen molar-refractivity contribution in [1.82, 2.24) is 4.90 Å². The zero-order valence-electron chi connectivity index (χ0n) is 6.08. The van der Waals surface area contributed by atoms with Crippen molar-refractivity contribution in [3.8, 4) is 0 Å². The van der Waals surface area contributed by atoms with Crippen LogP contribution in [-0.4, -0.2) is 43.4 Å².